The maximum Gasteiger partial charge on any atom is 0.235 e. The van der Waals surface area contributed by atoms with Gasteiger partial charge in [-0.25, -0.2) is 0 Å². The molecule has 0 aromatic heterocycles. The number of carbonyl (C=O) groups is 2. The first-order valence-electron chi connectivity index (χ1n) is 10.4. The lowest BCUT2D eigenvalue weighted by Gasteiger charge is -2.40. The molecule has 2 aromatic carbocycles. The summed E-state index contributed by atoms with van der Waals surface area (Å²) in [5, 5.41) is 6.01. The lowest BCUT2D eigenvalue weighted by atomic mass is 9.72. The fraction of sp³-hybridized carbons (Fsp3) is 0.417. The molecule has 2 amide bonds. The smallest absolute Gasteiger partial charge is 0.235 e. The van der Waals surface area contributed by atoms with Gasteiger partial charge in [0.15, 0.2) is 0 Å². The average Bonchev–Trinajstić information content (AvgIpc) is 2.76. The van der Waals surface area contributed by atoms with Crippen LogP contribution in [-0.4, -0.2) is 44.0 Å². The van der Waals surface area contributed by atoms with Crippen molar-refractivity contribution in [2.24, 2.45) is 5.92 Å². The van der Waals surface area contributed by atoms with Crippen LogP contribution in [0.4, 0.5) is 11.4 Å². The van der Waals surface area contributed by atoms with Gasteiger partial charge in [0.1, 0.15) is 5.75 Å². The second-order valence-corrected chi connectivity index (χ2v) is 8.26. The summed E-state index contributed by atoms with van der Waals surface area (Å²) in [7, 11) is 3.66. The van der Waals surface area contributed by atoms with Crippen molar-refractivity contribution in [3.8, 4) is 5.75 Å². The van der Waals surface area contributed by atoms with Crippen LogP contribution in [0.3, 0.4) is 0 Å². The van der Waals surface area contributed by atoms with Crippen LogP contribution in [0.15, 0.2) is 48.5 Å². The lowest BCUT2D eigenvalue weighted by Crippen LogP contribution is -2.48. The van der Waals surface area contributed by atoms with Gasteiger partial charge in [-0.2, -0.15) is 0 Å². The van der Waals surface area contributed by atoms with Gasteiger partial charge in [0.05, 0.1) is 23.9 Å². The minimum atomic E-state index is -0.615. The first-order valence-corrected chi connectivity index (χ1v) is 10.4. The Morgan fingerprint density at radius 2 is 1.67 bits per heavy atom. The van der Waals surface area contributed by atoms with E-state index in [0.29, 0.717) is 17.1 Å². The van der Waals surface area contributed by atoms with Crippen molar-refractivity contribution in [3.63, 3.8) is 0 Å². The zero-order valence-electron chi connectivity index (χ0n) is 18.2. The quantitative estimate of drug-likeness (QED) is 0.759. The Labute approximate surface area is 178 Å². The highest BCUT2D eigenvalue weighted by Gasteiger charge is 2.42. The highest BCUT2D eigenvalue weighted by molar-refractivity contribution is 6.04. The van der Waals surface area contributed by atoms with E-state index >= 15 is 0 Å². The monoisotopic (exact) mass is 409 g/mol. The molecule has 3 rings (SSSR count). The number of methoxy groups -OCH3 is 1. The third-order valence-corrected chi connectivity index (χ3v) is 5.86. The summed E-state index contributed by atoms with van der Waals surface area (Å²) >= 11 is 0. The summed E-state index contributed by atoms with van der Waals surface area (Å²) in [6, 6.07) is 15.3. The normalized spacial score (nSPS) is 16.2. The van der Waals surface area contributed by atoms with Crippen molar-refractivity contribution in [3.05, 3.63) is 54.1 Å². The molecule has 6 nitrogen and oxygen atoms in total. The molecule has 0 bridgehead atoms. The van der Waals surface area contributed by atoms with Crippen molar-refractivity contribution in [1.82, 2.24) is 4.90 Å². The third kappa shape index (κ3) is 4.65. The number of likely N-dealkylation sites (tertiary alicyclic amines) is 1. The molecule has 6 heteroatoms. The molecule has 1 fully saturated rings. The predicted molar refractivity (Wildman–Crippen MR) is 120 cm³/mol. The number of piperidine rings is 1. The summed E-state index contributed by atoms with van der Waals surface area (Å²) in [4.78, 5) is 28.2. The molecule has 0 spiro atoms. The lowest BCUT2D eigenvalue weighted by molar-refractivity contribution is -0.123. The standard InChI is InChI=1S/C24H31N3O3/c1-17(2)22(28)25-20-11-10-19(30-4)16-21(20)26-23(29)24(12-14-27(3)15-13-24)18-8-6-5-7-9-18/h5-11,16-17H,12-15H2,1-4H3,(H,25,28)(H,26,29). The second kappa shape index (κ2) is 9.30. The molecule has 1 heterocycles. The molecule has 30 heavy (non-hydrogen) atoms. The number of nitrogens with zero attached hydrogens (tertiary/aromatic N) is 1. The molecule has 2 aromatic rings. The summed E-state index contributed by atoms with van der Waals surface area (Å²) < 4.78 is 5.34. The van der Waals surface area contributed by atoms with Crippen LogP contribution >= 0.6 is 0 Å². The van der Waals surface area contributed by atoms with E-state index in [2.05, 4.69) is 22.6 Å². The predicted octanol–water partition coefficient (Wildman–Crippen LogP) is 3.89. The molecule has 1 aliphatic heterocycles. The van der Waals surface area contributed by atoms with Crippen LogP contribution in [0, 0.1) is 5.92 Å². The maximum absolute atomic E-state index is 13.7. The van der Waals surface area contributed by atoms with Gasteiger partial charge >= 0.3 is 0 Å². The van der Waals surface area contributed by atoms with Crippen LogP contribution in [0.5, 0.6) is 5.75 Å². The fourth-order valence-corrected chi connectivity index (χ4v) is 3.79. The number of amides is 2. The minimum absolute atomic E-state index is 0.0601. The topological polar surface area (TPSA) is 70.7 Å². The molecule has 160 valence electrons. The van der Waals surface area contributed by atoms with E-state index in [1.165, 1.54) is 0 Å². The van der Waals surface area contributed by atoms with Crippen LogP contribution < -0.4 is 15.4 Å². The van der Waals surface area contributed by atoms with Gasteiger partial charge in [-0.1, -0.05) is 44.2 Å². The van der Waals surface area contributed by atoms with Gasteiger partial charge in [0.2, 0.25) is 11.8 Å². The van der Waals surface area contributed by atoms with E-state index in [1.54, 1.807) is 25.3 Å². The molecule has 1 saturated heterocycles. The Kier molecular flexibility index (Phi) is 6.77. The van der Waals surface area contributed by atoms with Crippen LogP contribution in [-0.2, 0) is 15.0 Å². The third-order valence-electron chi connectivity index (χ3n) is 5.86. The first kappa shape index (κ1) is 21.8. The zero-order valence-corrected chi connectivity index (χ0v) is 18.2. The minimum Gasteiger partial charge on any atom is -0.497 e. The molecular weight excluding hydrogens is 378 g/mol. The number of ether oxygens (including phenoxy) is 1. The van der Waals surface area contributed by atoms with Gasteiger partial charge in [0.25, 0.3) is 0 Å². The van der Waals surface area contributed by atoms with Crippen molar-refractivity contribution < 1.29 is 14.3 Å². The second-order valence-electron chi connectivity index (χ2n) is 8.26. The summed E-state index contributed by atoms with van der Waals surface area (Å²) in [5.74, 6) is 0.285. The Morgan fingerprint density at radius 3 is 2.27 bits per heavy atom. The maximum atomic E-state index is 13.7. The molecule has 0 saturated carbocycles. The highest BCUT2D eigenvalue weighted by atomic mass is 16.5. The fourth-order valence-electron chi connectivity index (χ4n) is 3.79. The first-order chi connectivity index (χ1) is 14.4. The van der Waals surface area contributed by atoms with Gasteiger partial charge in [-0.15, -0.1) is 0 Å². The Hall–Kier alpha value is -2.86. The Balaban J connectivity index is 1.95. The number of hydrogen-bond donors (Lipinski definition) is 2. The van der Waals surface area contributed by atoms with Crippen molar-refractivity contribution in [1.29, 1.82) is 0 Å². The number of anilines is 2. The molecular formula is C24H31N3O3. The molecule has 2 N–H and O–H groups in total. The Bertz CT molecular complexity index is 888. The van der Waals surface area contributed by atoms with E-state index in [1.807, 2.05) is 44.2 Å². The van der Waals surface area contributed by atoms with Gasteiger partial charge in [0, 0.05) is 12.0 Å². The van der Waals surface area contributed by atoms with Crippen LogP contribution in [0.2, 0.25) is 0 Å². The molecule has 0 aliphatic carbocycles. The van der Waals surface area contributed by atoms with Crippen molar-refractivity contribution >= 4 is 23.2 Å². The van der Waals surface area contributed by atoms with E-state index < -0.39 is 5.41 Å². The van der Waals surface area contributed by atoms with E-state index in [9.17, 15) is 9.59 Å². The number of hydrogen-bond acceptors (Lipinski definition) is 4. The Morgan fingerprint density at radius 1 is 1.00 bits per heavy atom. The number of benzene rings is 2. The van der Waals surface area contributed by atoms with E-state index in [-0.39, 0.29) is 17.7 Å². The number of rotatable bonds is 6. The number of carbonyl (C=O) groups excluding carboxylic acids is 2. The molecule has 0 atom stereocenters. The summed E-state index contributed by atoms with van der Waals surface area (Å²) in [5.41, 5.74) is 1.52. The molecule has 1 aliphatic rings. The zero-order chi connectivity index (χ0) is 21.7. The molecule has 0 unspecified atom stereocenters. The van der Waals surface area contributed by atoms with Gasteiger partial charge < -0.3 is 20.3 Å². The van der Waals surface area contributed by atoms with Crippen LogP contribution in [0.25, 0.3) is 0 Å². The SMILES string of the molecule is COc1ccc(NC(=O)C(C)C)c(NC(=O)C2(c3ccccc3)CCN(C)CC2)c1. The summed E-state index contributed by atoms with van der Waals surface area (Å²) in [6.07, 6.45) is 1.47. The van der Waals surface area contributed by atoms with Crippen molar-refractivity contribution in [2.45, 2.75) is 32.1 Å². The van der Waals surface area contributed by atoms with E-state index in [0.717, 1.165) is 31.5 Å². The summed E-state index contributed by atoms with van der Waals surface area (Å²) in [6.45, 7) is 5.36. The van der Waals surface area contributed by atoms with E-state index in [4.69, 9.17) is 4.74 Å². The largest absolute Gasteiger partial charge is 0.497 e. The van der Waals surface area contributed by atoms with Crippen molar-refractivity contribution in [2.75, 3.05) is 37.9 Å². The molecule has 0 radical (unpaired) electrons. The van der Waals surface area contributed by atoms with Gasteiger partial charge in [-0.3, -0.25) is 9.59 Å². The van der Waals surface area contributed by atoms with Gasteiger partial charge in [-0.05, 0) is 50.7 Å². The van der Waals surface area contributed by atoms with Crippen LogP contribution in [0.1, 0.15) is 32.3 Å². The average molecular weight is 410 g/mol. The highest BCUT2D eigenvalue weighted by Crippen LogP contribution is 2.38. The number of nitrogens with one attached hydrogen (secondary N) is 2.